The van der Waals surface area contributed by atoms with Crippen LogP contribution in [-0.4, -0.2) is 41.0 Å². The van der Waals surface area contributed by atoms with E-state index in [1.807, 2.05) is 21.0 Å². The molecule has 100 valence electrons. The predicted octanol–water partition coefficient (Wildman–Crippen LogP) is 2.05. The molecule has 0 aliphatic heterocycles. The van der Waals surface area contributed by atoms with E-state index in [0.717, 1.165) is 5.56 Å². The second-order valence-corrected chi connectivity index (χ2v) is 5.18. The zero-order chi connectivity index (χ0) is 13.9. The van der Waals surface area contributed by atoms with Gasteiger partial charge in [0.2, 0.25) is 0 Å². The van der Waals surface area contributed by atoms with Crippen LogP contribution < -0.4 is 5.32 Å². The van der Waals surface area contributed by atoms with Gasteiger partial charge in [-0.25, -0.2) is 4.98 Å². The monoisotopic (exact) mass is 252 g/mol. The van der Waals surface area contributed by atoms with E-state index in [0.29, 0.717) is 12.4 Å². The van der Waals surface area contributed by atoms with Crippen LogP contribution in [0.3, 0.4) is 0 Å². The Bertz CT molecular complexity index is 444. The fraction of sp³-hybridized carbons (Fsp3) is 0.583. The summed E-state index contributed by atoms with van der Waals surface area (Å²) in [5.74, 6) is 0.690. The Hall–Kier alpha value is -1.69. The van der Waals surface area contributed by atoms with Crippen molar-refractivity contribution in [3.8, 4) is 0 Å². The van der Waals surface area contributed by atoms with Crippen molar-refractivity contribution < 1.29 is 4.92 Å². The summed E-state index contributed by atoms with van der Waals surface area (Å²) in [7, 11) is 4.02. The Morgan fingerprint density at radius 1 is 1.50 bits per heavy atom. The molecule has 0 unspecified atom stereocenters. The Morgan fingerprint density at radius 2 is 2.11 bits per heavy atom. The van der Waals surface area contributed by atoms with Crippen molar-refractivity contribution in [3.05, 3.63) is 27.9 Å². The topological polar surface area (TPSA) is 71.3 Å². The second-order valence-electron chi connectivity index (χ2n) is 5.18. The van der Waals surface area contributed by atoms with Crippen LogP contribution in [0.5, 0.6) is 0 Å². The molecular formula is C12H20N4O2. The van der Waals surface area contributed by atoms with E-state index in [-0.39, 0.29) is 11.2 Å². The lowest BCUT2D eigenvalue weighted by Crippen LogP contribution is -2.44. The molecule has 0 aromatic carbocycles. The number of hydrogen-bond acceptors (Lipinski definition) is 5. The van der Waals surface area contributed by atoms with Crippen LogP contribution in [0.15, 0.2) is 12.3 Å². The highest BCUT2D eigenvalue weighted by Gasteiger charge is 2.20. The third kappa shape index (κ3) is 3.40. The SMILES string of the molecule is Cc1cc([N+](=O)[O-])cnc1NCC(C)(C)N(C)C. The van der Waals surface area contributed by atoms with E-state index >= 15 is 0 Å². The number of nitrogens with one attached hydrogen (secondary N) is 1. The van der Waals surface area contributed by atoms with E-state index < -0.39 is 4.92 Å². The molecule has 1 rings (SSSR count). The van der Waals surface area contributed by atoms with Crippen molar-refractivity contribution in [2.75, 3.05) is 26.0 Å². The Morgan fingerprint density at radius 3 is 2.56 bits per heavy atom. The maximum absolute atomic E-state index is 10.6. The first-order valence-corrected chi connectivity index (χ1v) is 5.76. The lowest BCUT2D eigenvalue weighted by Gasteiger charge is -2.33. The molecule has 0 aliphatic carbocycles. The number of hydrogen-bond donors (Lipinski definition) is 1. The van der Waals surface area contributed by atoms with Crippen molar-refractivity contribution >= 4 is 11.5 Å². The molecule has 1 N–H and O–H groups in total. The van der Waals surface area contributed by atoms with Gasteiger partial charge in [-0.15, -0.1) is 0 Å². The Labute approximate surface area is 107 Å². The van der Waals surface area contributed by atoms with Crippen molar-refractivity contribution in [2.45, 2.75) is 26.3 Å². The molecular weight excluding hydrogens is 232 g/mol. The lowest BCUT2D eigenvalue weighted by molar-refractivity contribution is -0.385. The van der Waals surface area contributed by atoms with Crippen molar-refractivity contribution in [3.63, 3.8) is 0 Å². The number of nitro groups is 1. The fourth-order valence-corrected chi connectivity index (χ4v) is 1.30. The zero-order valence-electron chi connectivity index (χ0n) is 11.5. The molecule has 0 amide bonds. The normalized spacial score (nSPS) is 11.7. The quantitative estimate of drug-likeness (QED) is 0.641. The molecule has 1 heterocycles. The molecule has 0 saturated heterocycles. The highest BCUT2D eigenvalue weighted by Crippen LogP contribution is 2.19. The largest absolute Gasteiger partial charge is 0.368 e. The molecule has 6 nitrogen and oxygen atoms in total. The summed E-state index contributed by atoms with van der Waals surface area (Å²) in [6.45, 7) is 6.75. The summed E-state index contributed by atoms with van der Waals surface area (Å²) >= 11 is 0. The van der Waals surface area contributed by atoms with Gasteiger partial charge in [0.25, 0.3) is 5.69 Å². The van der Waals surface area contributed by atoms with Crippen molar-refractivity contribution in [2.24, 2.45) is 0 Å². The summed E-state index contributed by atoms with van der Waals surface area (Å²) in [4.78, 5) is 16.4. The number of aromatic nitrogens is 1. The molecule has 0 spiro atoms. The van der Waals surface area contributed by atoms with Gasteiger partial charge >= 0.3 is 0 Å². The molecule has 0 atom stereocenters. The highest BCUT2D eigenvalue weighted by molar-refractivity contribution is 5.48. The van der Waals surface area contributed by atoms with Gasteiger partial charge in [-0.3, -0.25) is 10.1 Å². The van der Waals surface area contributed by atoms with Crippen molar-refractivity contribution in [1.82, 2.24) is 9.88 Å². The van der Waals surface area contributed by atoms with Crippen LogP contribution in [0.4, 0.5) is 11.5 Å². The summed E-state index contributed by atoms with van der Waals surface area (Å²) < 4.78 is 0. The third-order valence-corrected chi connectivity index (χ3v) is 3.17. The van der Waals surface area contributed by atoms with Crippen LogP contribution >= 0.6 is 0 Å². The maximum Gasteiger partial charge on any atom is 0.287 e. The average Bonchev–Trinajstić information content (AvgIpc) is 2.26. The van der Waals surface area contributed by atoms with Gasteiger partial charge in [0.15, 0.2) is 0 Å². The van der Waals surface area contributed by atoms with E-state index in [1.54, 1.807) is 0 Å². The number of anilines is 1. The zero-order valence-corrected chi connectivity index (χ0v) is 11.5. The number of aryl methyl sites for hydroxylation is 1. The van der Waals surface area contributed by atoms with Crippen LogP contribution in [0, 0.1) is 17.0 Å². The minimum atomic E-state index is -0.437. The van der Waals surface area contributed by atoms with E-state index in [9.17, 15) is 10.1 Å². The number of rotatable bonds is 5. The Kier molecular flexibility index (Phi) is 4.24. The first-order chi connectivity index (χ1) is 8.24. The summed E-state index contributed by atoms with van der Waals surface area (Å²) in [5.41, 5.74) is 0.777. The average molecular weight is 252 g/mol. The maximum atomic E-state index is 10.6. The van der Waals surface area contributed by atoms with Gasteiger partial charge in [-0.1, -0.05) is 0 Å². The molecule has 1 aromatic rings. The van der Waals surface area contributed by atoms with Crippen LogP contribution in [0.25, 0.3) is 0 Å². The van der Waals surface area contributed by atoms with Gasteiger partial charge in [-0.05, 0) is 40.4 Å². The lowest BCUT2D eigenvalue weighted by atomic mass is 10.0. The summed E-state index contributed by atoms with van der Waals surface area (Å²) in [5, 5.41) is 13.8. The van der Waals surface area contributed by atoms with E-state index in [1.165, 1.54) is 12.3 Å². The minimum absolute atomic E-state index is 0.0180. The molecule has 0 aliphatic rings. The van der Waals surface area contributed by atoms with Gasteiger partial charge in [-0.2, -0.15) is 0 Å². The summed E-state index contributed by atoms with van der Waals surface area (Å²) in [6, 6.07) is 1.53. The van der Waals surface area contributed by atoms with Crippen molar-refractivity contribution in [1.29, 1.82) is 0 Å². The van der Waals surface area contributed by atoms with Gasteiger partial charge < -0.3 is 10.2 Å². The molecule has 1 aromatic heterocycles. The van der Waals surface area contributed by atoms with E-state index in [2.05, 4.69) is 29.0 Å². The standard InChI is InChI=1S/C12H20N4O2/c1-9-6-10(16(17)18)7-13-11(9)14-8-12(2,3)15(4)5/h6-7H,8H2,1-5H3,(H,13,14). The van der Waals surface area contributed by atoms with Crippen LogP contribution in [0.2, 0.25) is 0 Å². The molecule has 6 heteroatoms. The van der Waals surface area contributed by atoms with Crippen LogP contribution in [-0.2, 0) is 0 Å². The number of nitrogens with zero attached hydrogens (tertiary/aromatic N) is 3. The van der Waals surface area contributed by atoms with Gasteiger partial charge in [0.05, 0.1) is 4.92 Å². The molecule has 0 fully saturated rings. The predicted molar refractivity (Wildman–Crippen MR) is 71.9 cm³/mol. The van der Waals surface area contributed by atoms with Gasteiger partial charge in [0.1, 0.15) is 12.0 Å². The molecule has 0 bridgehead atoms. The first kappa shape index (κ1) is 14.4. The molecule has 18 heavy (non-hydrogen) atoms. The minimum Gasteiger partial charge on any atom is -0.368 e. The molecule has 0 saturated carbocycles. The van der Waals surface area contributed by atoms with Gasteiger partial charge in [0, 0.05) is 18.2 Å². The fourth-order valence-electron chi connectivity index (χ4n) is 1.30. The smallest absolute Gasteiger partial charge is 0.287 e. The third-order valence-electron chi connectivity index (χ3n) is 3.17. The number of pyridine rings is 1. The number of likely N-dealkylation sites (N-methyl/N-ethyl adjacent to an activating group) is 1. The molecule has 0 radical (unpaired) electrons. The first-order valence-electron chi connectivity index (χ1n) is 5.76. The second kappa shape index (κ2) is 5.30. The van der Waals surface area contributed by atoms with E-state index in [4.69, 9.17) is 0 Å². The van der Waals surface area contributed by atoms with Crippen LogP contribution in [0.1, 0.15) is 19.4 Å². The summed E-state index contributed by atoms with van der Waals surface area (Å²) in [6.07, 6.45) is 1.28. The Balaban J connectivity index is 2.78. The highest BCUT2D eigenvalue weighted by atomic mass is 16.6.